The van der Waals surface area contributed by atoms with E-state index in [-0.39, 0.29) is 11.7 Å². The van der Waals surface area contributed by atoms with Gasteiger partial charge < -0.3 is 19.5 Å². The summed E-state index contributed by atoms with van der Waals surface area (Å²) in [4.78, 5) is 6.74. The number of alkyl halides is 2. The molecular weight excluding hydrogens is 366 g/mol. The van der Waals surface area contributed by atoms with E-state index >= 15 is 0 Å². The average molecular weight is 394 g/mol. The Kier molecular flexibility index (Phi) is 7.78. The van der Waals surface area contributed by atoms with E-state index in [1.807, 2.05) is 32.7 Å². The van der Waals surface area contributed by atoms with E-state index in [9.17, 15) is 8.78 Å². The zero-order valence-electron chi connectivity index (χ0n) is 17.0. The predicted molar refractivity (Wildman–Crippen MR) is 105 cm³/mol. The van der Waals surface area contributed by atoms with Gasteiger partial charge in [0.25, 0.3) is 0 Å². The predicted octanol–water partition coefficient (Wildman–Crippen LogP) is 4.09. The molecule has 8 heteroatoms. The molecule has 6 nitrogen and oxygen atoms in total. The molecule has 0 amide bonds. The Morgan fingerprint density at radius 3 is 2.50 bits per heavy atom. The molecule has 0 saturated carbocycles. The van der Waals surface area contributed by atoms with E-state index in [0.29, 0.717) is 13.1 Å². The molecule has 1 aromatic carbocycles. The summed E-state index contributed by atoms with van der Waals surface area (Å²) >= 11 is 0. The Morgan fingerprint density at radius 1 is 1.29 bits per heavy atom. The fourth-order valence-electron chi connectivity index (χ4n) is 3.10. The van der Waals surface area contributed by atoms with Crippen molar-refractivity contribution in [2.75, 3.05) is 20.1 Å². The lowest BCUT2D eigenvalue weighted by molar-refractivity contribution is -0.0498. The topological polar surface area (TPSA) is 62.9 Å². The van der Waals surface area contributed by atoms with Crippen molar-refractivity contribution < 1.29 is 18.0 Å². The van der Waals surface area contributed by atoms with Crippen molar-refractivity contribution >= 4 is 5.96 Å². The molecule has 1 N–H and O–H groups in total. The highest BCUT2D eigenvalue weighted by Crippen LogP contribution is 2.23. The third kappa shape index (κ3) is 5.94. The number of nitrogens with zero attached hydrogens (tertiary/aromatic N) is 3. The van der Waals surface area contributed by atoms with Gasteiger partial charge in [0.05, 0.1) is 5.69 Å². The number of guanidine groups is 1. The van der Waals surface area contributed by atoms with Crippen molar-refractivity contribution in [3.8, 4) is 5.75 Å². The van der Waals surface area contributed by atoms with E-state index < -0.39 is 6.61 Å². The van der Waals surface area contributed by atoms with Crippen LogP contribution in [0.15, 0.2) is 33.8 Å². The van der Waals surface area contributed by atoms with Crippen molar-refractivity contribution in [2.45, 2.75) is 46.8 Å². The minimum Gasteiger partial charge on any atom is -0.435 e. The maximum atomic E-state index is 12.3. The molecule has 154 valence electrons. The molecule has 1 atom stereocenters. The van der Waals surface area contributed by atoms with Gasteiger partial charge in [-0.1, -0.05) is 24.2 Å². The van der Waals surface area contributed by atoms with Gasteiger partial charge in [0.2, 0.25) is 0 Å². The Morgan fingerprint density at radius 2 is 1.96 bits per heavy atom. The van der Waals surface area contributed by atoms with Crippen LogP contribution in [0.5, 0.6) is 5.75 Å². The molecular formula is C20H28F2N4O2. The molecule has 0 aliphatic heterocycles. The number of aliphatic imine (C=N–C) groups is 1. The van der Waals surface area contributed by atoms with Gasteiger partial charge in [-0.3, -0.25) is 4.99 Å². The van der Waals surface area contributed by atoms with Gasteiger partial charge in [0.1, 0.15) is 11.5 Å². The summed E-state index contributed by atoms with van der Waals surface area (Å²) in [6.45, 7) is 7.06. The van der Waals surface area contributed by atoms with Crippen LogP contribution in [0.2, 0.25) is 0 Å². The second-order valence-corrected chi connectivity index (χ2v) is 6.71. The number of rotatable bonds is 8. The molecule has 1 aromatic heterocycles. The summed E-state index contributed by atoms with van der Waals surface area (Å²) < 4.78 is 34.2. The first kappa shape index (κ1) is 21.7. The number of ether oxygens (including phenoxy) is 1. The molecule has 0 bridgehead atoms. The van der Waals surface area contributed by atoms with Crippen LogP contribution in [-0.4, -0.2) is 42.8 Å². The minimum absolute atomic E-state index is 0.148. The molecule has 1 heterocycles. The van der Waals surface area contributed by atoms with Gasteiger partial charge >= 0.3 is 6.61 Å². The van der Waals surface area contributed by atoms with Gasteiger partial charge in [0, 0.05) is 38.2 Å². The second kappa shape index (κ2) is 10.1. The van der Waals surface area contributed by atoms with Crippen LogP contribution in [0.1, 0.15) is 42.3 Å². The number of hydrogen-bond acceptors (Lipinski definition) is 4. The third-order valence-electron chi connectivity index (χ3n) is 4.36. The molecule has 0 saturated heterocycles. The molecule has 0 spiro atoms. The lowest BCUT2D eigenvalue weighted by atomic mass is 10.00. The number of benzene rings is 1. The number of halogens is 2. The lowest BCUT2D eigenvalue weighted by Gasteiger charge is -2.23. The van der Waals surface area contributed by atoms with Crippen molar-refractivity contribution in [3.05, 3.63) is 46.8 Å². The van der Waals surface area contributed by atoms with Crippen LogP contribution in [0.25, 0.3) is 0 Å². The van der Waals surface area contributed by atoms with E-state index in [1.54, 1.807) is 24.3 Å². The zero-order valence-corrected chi connectivity index (χ0v) is 17.0. The zero-order chi connectivity index (χ0) is 20.7. The van der Waals surface area contributed by atoms with Crippen LogP contribution < -0.4 is 10.1 Å². The monoisotopic (exact) mass is 394 g/mol. The Labute approximate surface area is 164 Å². The minimum atomic E-state index is -2.82. The first-order valence-corrected chi connectivity index (χ1v) is 9.27. The molecule has 0 aliphatic carbocycles. The maximum absolute atomic E-state index is 12.3. The molecule has 0 aliphatic rings. The first-order valence-electron chi connectivity index (χ1n) is 9.27. The van der Waals surface area contributed by atoms with Crippen LogP contribution in [-0.2, 0) is 6.54 Å². The second-order valence-electron chi connectivity index (χ2n) is 6.71. The fraction of sp³-hybridized carbons (Fsp3) is 0.500. The highest BCUT2D eigenvalue weighted by atomic mass is 19.3. The summed E-state index contributed by atoms with van der Waals surface area (Å²) in [6, 6.07) is 6.62. The molecule has 28 heavy (non-hydrogen) atoms. The standard InChI is InChI=1S/C20H28F2N4O2/c1-6-23-20(24-11-13(2)18-14(3)25-28-15(18)4)26(5)12-16-7-9-17(10-8-16)27-19(21)22/h7-10,13,19H,6,11-12H2,1-5H3,(H,23,24). The largest absolute Gasteiger partial charge is 0.435 e. The first-order chi connectivity index (χ1) is 13.3. The van der Waals surface area contributed by atoms with Gasteiger partial charge in [0.15, 0.2) is 5.96 Å². The van der Waals surface area contributed by atoms with Gasteiger partial charge in [-0.2, -0.15) is 8.78 Å². The molecule has 0 radical (unpaired) electrons. The summed E-state index contributed by atoms with van der Waals surface area (Å²) in [5, 5.41) is 7.29. The maximum Gasteiger partial charge on any atom is 0.387 e. The number of aryl methyl sites for hydroxylation is 2. The van der Waals surface area contributed by atoms with E-state index in [0.717, 1.165) is 35.1 Å². The van der Waals surface area contributed by atoms with E-state index in [2.05, 4.69) is 22.1 Å². The highest BCUT2D eigenvalue weighted by molar-refractivity contribution is 5.79. The Bertz CT molecular complexity index is 756. The highest BCUT2D eigenvalue weighted by Gasteiger charge is 2.17. The fourth-order valence-corrected chi connectivity index (χ4v) is 3.10. The van der Waals surface area contributed by atoms with Gasteiger partial charge in [-0.15, -0.1) is 0 Å². The van der Waals surface area contributed by atoms with Crippen molar-refractivity contribution in [1.82, 2.24) is 15.4 Å². The van der Waals surface area contributed by atoms with Gasteiger partial charge in [-0.05, 0) is 38.5 Å². The molecule has 0 fully saturated rings. The smallest absolute Gasteiger partial charge is 0.387 e. The number of nitrogens with one attached hydrogen (secondary N) is 1. The molecule has 2 rings (SSSR count). The van der Waals surface area contributed by atoms with E-state index in [4.69, 9.17) is 9.52 Å². The van der Waals surface area contributed by atoms with Crippen molar-refractivity contribution in [2.24, 2.45) is 4.99 Å². The average Bonchev–Trinajstić information content (AvgIpc) is 2.98. The summed E-state index contributed by atoms with van der Waals surface area (Å²) in [7, 11) is 1.94. The normalized spacial score (nSPS) is 12.9. The Hall–Kier alpha value is -2.64. The Balaban J connectivity index is 2.04. The molecule has 2 aromatic rings. The number of aromatic nitrogens is 1. The van der Waals surface area contributed by atoms with Gasteiger partial charge in [-0.25, -0.2) is 0 Å². The van der Waals surface area contributed by atoms with Crippen LogP contribution in [0.3, 0.4) is 0 Å². The summed E-state index contributed by atoms with van der Waals surface area (Å²) in [6.07, 6.45) is 0. The number of hydrogen-bond donors (Lipinski definition) is 1. The third-order valence-corrected chi connectivity index (χ3v) is 4.36. The van der Waals surface area contributed by atoms with E-state index in [1.165, 1.54) is 0 Å². The lowest BCUT2D eigenvalue weighted by Crippen LogP contribution is -2.38. The van der Waals surface area contributed by atoms with Crippen molar-refractivity contribution in [1.29, 1.82) is 0 Å². The quantitative estimate of drug-likeness (QED) is 0.540. The van der Waals surface area contributed by atoms with Crippen molar-refractivity contribution in [3.63, 3.8) is 0 Å². The van der Waals surface area contributed by atoms with Crippen LogP contribution in [0.4, 0.5) is 8.78 Å². The van der Waals surface area contributed by atoms with Crippen LogP contribution in [0, 0.1) is 13.8 Å². The summed E-state index contributed by atoms with van der Waals surface area (Å²) in [5.74, 6) is 1.92. The molecule has 1 unspecified atom stereocenters. The SMILES string of the molecule is CCNC(=NCC(C)c1c(C)noc1C)N(C)Cc1ccc(OC(F)F)cc1. The summed E-state index contributed by atoms with van der Waals surface area (Å²) in [5.41, 5.74) is 2.95. The van der Waals surface area contributed by atoms with Crippen LogP contribution >= 0.6 is 0 Å².